The number of amides is 1. The van der Waals surface area contributed by atoms with E-state index in [-0.39, 0.29) is 17.2 Å². The lowest BCUT2D eigenvalue weighted by molar-refractivity contribution is 0.0693. The summed E-state index contributed by atoms with van der Waals surface area (Å²) < 4.78 is 0. The molecule has 0 saturated heterocycles. The van der Waals surface area contributed by atoms with E-state index in [2.05, 4.69) is 10.3 Å². The van der Waals surface area contributed by atoms with Gasteiger partial charge in [-0.05, 0) is 39.1 Å². The number of carboxylic acids is 1. The third-order valence-electron chi connectivity index (χ3n) is 2.80. The van der Waals surface area contributed by atoms with Crippen LogP contribution in [0.1, 0.15) is 33.0 Å². The Bertz CT molecular complexity index is 474. The molecule has 19 heavy (non-hydrogen) atoms. The molecule has 0 aliphatic rings. The molecule has 0 aliphatic carbocycles. The van der Waals surface area contributed by atoms with Gasteiger partial charge < -0.3 is 15.3 Å². The van der Waals surface area contributed by atoms with E-state index < -0.39 is 5.97 Å². The summed E-state index contributed by atoms with van der Waals surface area (Å²) in [6, 6.07) is 2.87. The van der Waals surface area contributed by atoms with Crippen LogP contribution in [0.25, 0.3) is 0 Å². The van der Waals surface area contributed by atoms with E-state index in [1.54, 1.807) is 18.9 Å². The molecule has 6 nitrogen and oxygen atoms in total. The molecule has 1 aromatic heterocycles. The van der Waals surface area contributed by atoms with E-state index in [0.29, 0.717) is 12.2 Å². The van der Waals surface area contributed by atoms with Gasteiger partial charge in [-0.1, -0.05) is 0 Å². The summed E-state index contributed by atoms with van der Waals surface area (Å²) in [7, 11) is 3.57. The standard InChI is InChI=1S/C13H19N3O3/c1-9-10(13(18)19)5-6-11(15-9)12(17)16(3)8-4-7-14-2/h5-6,14H,4,7-8H2,1-3H3,(H,18,19). The number of aryl methyl sites for hydroxylation is 1. The van der Waals surface area contributed by atoms with Gasteiger partial charge in [-0.15, -0.1) is 0 Å². The zero-order valence-corrected chi connectivity index (χ0v) is 11.4. The molecule has 0 unspecified atom stereocenters. The molecule has 1 rings (SSSR count). The predicted octanol–water partition coefficient (Wildman–Crippen LogP) is 0.770. The van der Waals surface area contributed by atoms with Gasteiger partial charge in [-0.2, -0.15) is 0 Å². The molecule has 0 saturated carbocycles. The molecule has 0 fully saturated rings. The van der Waals surface area contributed by atoms with Crippen molar-refractivity contribution < 1.29 is 14.7 Å². The van der Waals surface area contributed by atoms with E-state index in [9.17, 15) is 9.59 Å². The van der Waals surface area contributed by atoms with Gasteiger partial charge in [-0.3, -0.25) is 4.79 Å². The van der Waals surface area contributed by atoms with Crippen LogP contribution in [-0.2, 0) is 0 Å². The maximum Gasteiger partial charge on any atom is 0.337 e. The third-order valence-corrected chi connectivity index (χ3v) is 2.80. The Balaban J connectivity index is 2.77. The maximum absolute atomic E-state index is 12.1. The van der Waals surface area contributed by atoms with Crippen molar-refractivity contribution in [2.24, 2.45) is 0 Å². The Labute approximate surface area is 112 Å². The normalized spacial score (nSPS) is 10.3. The summed E-state index contributed by atoms with van der Waals surface area (Å²) in [4.78, 5) is 28.6. The van der Waals surface area contributed by atoms with Crippen molar-refractivity contribution in [3.05, 3.63) is 29.1 Å². The van der Waals surface area contributed by atoms with Gasteiger partial charge in [0.05, 0.1) is 11.3 Å². The van der Waals surface area contributed by atoms with Crippen molar-refractivity contribution in [2.75, 3.05) is 27.2 Å². The van der Waals surface area contributed by atoms with Crippen LogP contribution >= 0.6 is 0 Å². The summed E-state index contributed by atoms with van der Waals surface area (Å²) in [6.45, 7) is 3.05. The van der Waals surface area contributed by atoms with Crippen LogP contribution in [-0.4, -0.2) is 54.1 Å². The van der Waals surface area contributed by atoms with Gasteiger partial charge in [0, 0.05) is 13.6 Å². The number of rotatable bonds is 6. The van der Waals surface area contributed by atoms with Gasteiger partial charge in [0.2, 0.25) is 0 Å². The average Bonchev–Trinajstić information content (AvgIpc) is 2.37. The average molecular weight is 265 g/mol. The summed E-state index contributed by atoms with van der Waals surface area (Å²) >= 11 is 0. The number of aromatic carboxylic acids is 1. The van der Waals surface area contributed by atoms with Crippen LogP contribution < -0.4 is 5.32 Å². The lowest BCUT2D eigenvalue weighted by Crippen LogP contribution is -2.30. The first-order valence-electron chi connectivity index (χ1n) is 6.08. The molecule has 0 spiro atoms. The molecule has 1 amide bonds. The number of hydrogen-bond donors (Lipinski definition) is 2. The first kappa shape index (κ1) is 15.1. The highest BCUT2D eigenvalue weighted by molar-refractivity contribution is 5.94. The molecule has 0 radical (unpaired) electrons. The number of carbonyl (C=O) groups excluding carboxylic acids is 1. The second kappa shape index (κ2) is 6.84. The minimum Gasteiger partial charge on any atom is -0.478 e. The molecule has 1 heterocycles. The Morgan fingerprint density at radius 1 is 1.42 bits per heavy atom. The van der Waals surface area contributed by atoms with E-state index in [4.69, 9.17) is 5.11 Å². The molecule has 1 aromatic rings. The topological polar surface area (TPSA) is 82.5 Å². The van der Waals surface area contributed by atoms with E-state index in [0.717, 1.165) is 13.0 Å². The maximum atomic E-state index is 12.1. The monoisotopic (exact) mass is 265 g/mol. The Hall–Kier alpha value is -1.95. The Morgan fingerprint density at radius 2 is 2.11 bits per heavy atom. The summed E-state index contributed by atoms with van der Waals surface area (Å²) in [5, 5.41) is 11.9. The first-order valence-corrected chi connectivity index (χ1v) is 6.08. The van der Waals surface area contributed by atoms with Gasteiger partial charge in [0.1, 0.15) is 5.69 Å². The smallest absolute Gasteiger partial charge is 0.337 e. The second-order valence-electron chi connectivity index (χ2n) is 4.32. The molecule has 2 N–H and O–H groups in total. The van der Waals surface area contributed by atoms with E-state index in [1.807, 2.05) is 7.05 Å². The highest BCUT2D eigenvalue weighted by atomic mass is 16.4. The Kier molecular flexibility index (Phi) is 5.44. The molecule has 0 aliphatic heterocycles. The fourth-order valence-corrected chi connectivity index (χ4v) is 1.70. The van der Waals surface area contributed by atoms with Gasteiger partial charge in [0.25, 0.3) is 5.91 Å². The molecular weight excluding hydrogens is 246 g/mol. The zero-order valence-electron chi connectivity index (χ0n) is 11.4. The summed E-state index contributed by atoms with van der Waals surface area (Å²) in [6.07, 6.45) is 0.852. The van der Waals surface area contributed by atoms with Crippen molar-refractivity contribution in [1.29, 1.82) is 0 Å². The van der Waals surface area contributed by atoms with Crippen molar-refractivity contribution in [2.45, 2.75) is 13.3 Å². The number of carboxylic acid groups (broad SMARTS) is 1. The molecule has 0 bridgehead atoms. The van der Waals surface area contributed by atoms with Crippen LogP contribution in [0.5, 0.6) is 0 Å². The van der Waals surface area contributed by atoms with E-state index in [1.165, 1.54) is 12.1 Å². The van der Waals surface area contributed by atoms with Gasteiger partial charge in [0.15, 0.2) is 0 Å². The fourth-order valence-electron chi connectivity index (χ4n) is 1.70. The van der Waals surface area contributed by atoms with Crippen molar-refractivity contribution in [3.8, 4) is 0 Å². The first-order chi connectivity index (χ1) is 8.97. The number of aromatic nitrogens is 1. The predicted molar refractivity (Wildman–Crippen MR) is 71.4 cm³/mol. The molecule has 104 valence electrons. The fraction of sp³-hybridized carbons (Fsp3) is 0.462. The summed E-state index contributed by atoms with van der Waals surface area (Å²) in [5.74, 6) is -1.23. The second-order valence-corrected chi connectivity index (χ2v) is 4.32. The zero-order chi connectivity index (χ0) is 14.4. The Morgan fingerprint density at radius 3 is 2.63 bits per heavy atom. The number of nitrogens with zero attached hydrogens (tertiary/aromatic N) is 2. The molecule has 0 atom stereocenters. The molecule has 6 heteroatoms. The number of carbonyl (C=O) groups is 2. The SMILES string of the molecule is CNCCCN(C)C(=O)c1ccc(C(=O)O)c(C)n1. The van der Waals surface area contributed by atoms with Crippen LogP contribution in [0, 0.1) is 6.92 Å². The van der Waals surface area contributed by atoms with Crippen molar-refractivity contribution in [1.82, 2.24) is 15.2 Å². The van der Waals surface area contributed by atoms with Crippen LogP contribution in [0.15, 0.2) is 12.1 Å². The van der Waals surface area contributed by atoms with E-state index >= 15 is 0 Å². The minimum atomic E-state index is -1.04. The largest absolute Gasteiger partial charge is 0.478 e. The third kappa shape index (κ3) is 4.03. The highest BCUT2D eigenvalue weighted by Crippen LogP contribution is 2.08. The molecule has 0 aromatic carbocycles. The summed E-state index contributed by atoms with van der Waals surface area (Å²) in [5.41, 5.74) is 0.741. The number of pyridine rings is 1. The van der Waals surface area contributed by atoms with Crippen LogP contribution in [0.3, 0.4) is 0 Å². The van der Waals surface area contributed by atoms with Crippen molar-refractivity contribution >= 4 is 11.9 Å². The van der Waals surface area contributed by atoms with Crippen LogP contribution in [0.2, 0.25) is 0 Å². The van der Waals surface area contributed by atoms with Crippen molar-refractivity contribution in [3.63, 3.8) is 0 Å². The minimum absolute atomic E-state index is 0.120. The van der Waals surface area contributed by atoms with Crippen LogP contribution in [0.4, 0.5) is 0 Å². The van der Waals surface area contributed by atoms with Gasteiger partial charge >= 0.3 is 5.97 Å². The lowest BCUT2D eigenvalue weighted by Gasteiger charge is -2.16. The number of hydrogen-bond acceptors (Lipinski definition) is 4. The van der Waals surface area contributed by atoms with Gasteiger partial charge in [-0.25, -0.2) is 9.78 Å². The highest BCUT2D eigenvalue weighted by Gasteiger charge is 2.15. The lowest BCUT2D eigenvalue weighted by atomic mass is 10.2. The molecular formula is C13H19N3O3. The number of nitrogens with one attached hydrogen (secondary N) is 1. The quantitative estimate of drug-likeness (QED) is 0.742.